The fourth-order valence-electron chi connectivity index (χ4n) is 1.03. The predicted octanol–water partition coefficient (Wildman–Crippen LogP) is 3.28. The van der Waals surface area contributed by atoms with Gasteiger partial charge in [-0.15, -0.1) is 0 Å². The van der Waals surface area contributed by atoms with Crippen LogP contribution in [0.25, 0.3) is 0 Å². The summed E-state index contributed by atoms with van der Waals surface area (Å²) in [5.41, 5.74) is 0. The SMILES string of the molecule is Cl[CH2][Pd][C]1=CCCC=CCC1. The summed E-state index contributed by atoms with van der Waals surface area (Å²) in [6.07, 6.45) is 11.8. The molecule has 0 radical (unpaired) electrons. The van der Waals surface area contributed by atoms with Crippen LogP contribution in [0.15, 0.2) is 22.3 Å². The molecule has 0 N–H and O–H groups in total. The molecule has 0 nitrogen and oxygen atoms in total. The molecule has 0 heterocycles. The zero-order valence-corrected chi connectivity index (χ0v) is 8.77. The molecule has 0 saturated heterocycles. The molecule has 0 atom stereocenters. The van der Waals surface area contributed by atoms with E-state index >= 15 is 0 Å². The monoisotopic (exact) mass is 262 g/mol. The Morgan fingerprint density at radius 1 is 1.27 bits per heavy atom. The fraction of sp³-hybridized carbons (Fsp3) is 0.556. The van der Waals surface area contributed by atoms with Crippen molar-refractivity contribution >= 4 is 11.6 Å². The summed E-state index contributed by atoms with van der Waals surface area (Å²) in [5, 5.41) is 0. The molecular formula is C9H13ClPd. The maximum atomic E-state index is 5.69. The van der Waals surface area contributed by atoms with Crippen molar-refractivity contribution in [1.82, 2.24) is 0 Å². The van der Waals surface area contributed by atoms with Crippen LogP contribution in [0.1, 0.15) is 25.7 Å². The van der Waals surface area contributed by atoms with Crippen LogP contribution in [0.5, 0.6) is 0 Å². The molecule has 0 aromatic carbocycles. The molecular weight excluding hydrogens is 250 g/mol. The first-order valence-electron chi connectivity index (χ1n) is 3.85. The number of halogens is 1. The van der Waals surface area contributed by atoms with E-state index in [1.54, 1.807) is 4.05 Å². The first kappa shape index (κ1) is 9.52. The molecule has 0 saturated carbocycles. The summed E-state index contributed by atoms with van der Waals surface area (Å²) in [6, 6.07) is 0. The number of hydrogen-bond acceptors (Lipinski definition) is 0. The van der Waals surface area contributed by atoms with E-state index in [-0.39, 0.29) is 0 Å². The van der Waals surface area contributed by atoms with Gasteiger partial charge in [0.25, 0.3) is 0 Å². The average Bonchev–Trinajstić information content (AvgIpc) is 1.94. The maximum absolute atomic E-state index is 5.69. The van der Waals surface area contributed by atoms with Crippen molar-refractivity contribution in [1.29, 1.82) is 0 Å². The Labute approximate surface area is 81.9 Å². The van der Waals surface area contributed by atoms with Crippen molar-refractivity contribution in [3.63, 3.8) is 0 Å². The molecule has 0 aromatic rings. The summed E-state index contributed by atoms with van der Waals surface area (Å²) in [5.74, 6) is 0. The number of allylic oxidation sites excluding steroid dienone is 4. The fourth-order valence-corrected chi connectivity index (χ4v) is 2.89. The van der Waals surface area contributed by atoms with Crippen LogP contribution in [0.3, 0.4) is 0 Å². The van der Waals surface area contributed by atoms with Gasteiger partial charge >= 0.3 is 81.9 Å². The van der Waals surface area contributed by atoms with E-state index < -0.39 is 0 Å². The van der Waals surface area contributed by atoms with Crippen molar-refractivity contribution in [2.45, 2.75) is 25.7 Å². The van der Waals surface area contributed by atoms with Gasteiger partial charge in [-0.05, 0) is 0 Å². The van der Waals surface area contributed by atoms with Crippen LogP contribution in [-0.4, -0.2) is 4.35 Å². The van der Waals surface area contributed by atoms with E-state index in [1.165, 1.54) is 25.7 Å². The Balaban J connectivity index is 2.37. The van der Waals surface area contributed by atoms with Crippen LogP contribution in [0.2, 0.25) is 0 Å². The molecule has 0 aromatic heterocycles. The second kappa shape index (κ2) is 6.01. The Hall–Kier alpha value is 0.432. The molecule has 1 aliphatic carbocycles. The molecule has 0 amide bonds. The minimum atomic E-state index is 0.666. The molecule has 0 fully saturated rings. The standard InChI is InChI=1S/C8H11.CH2Cl.Pd/c1-2-4-6-8-7-5-3-1;1-2;/h1-2,7H,3-6H2;1H2;. The Kier molecular flexibility index (Phi) is 5.20. The van der Waals surface area contributed by atoms with Crippen molar-refractivity contribution < 1.29 is 18.0 Å². The molecule has 66 valence electrons. The third-order valence-corrected chi connectivity index (χ3v) is 3.69. The first-order valence-corrected chi connectivity index (χ1v) is 6.26. The van der Waals surface area contributed by atoms with Gasteiger partial charge in [-0.2, -0.15) is 0 Å². The average molecular weight is 263 g/mol. The summed E-state index contributed by atoms with van der Waals surface area (Å²) in [6.45, 7) is 0. The molecule has 0 bridgehead atoms. The van der Waals surface area contributed by atoms with Gasteiger partial charge in [0.2, 0.25) is 0 Å². The van der Waals surface area contributed by atoms with Crippen LogP contribution < -0.4 is 0 Å². The van der Waals surface area contributed by atoms with E-state index in [2.05, 4.69) is 18.2 Å². The van der Waals surface area contributed by atoms with Crippen LogP contribution in [-0.2, 0) is 18.0 Å². The van der Waals surface area contributed by atoms with E-state index in [1.807, 2.05) is 0 Å². The number of hydrogen-bond donors (Lipinski definition) is 0. The first-order chi connectivity index (χ1) is 5.43. The molecule has 0 unspecified atom stereocenters. The Morgan fingerprint density at radius 2 is 2.09 bits per heavy atom. The predicted molar refractivity (Wildman–Crippen MR) is 46.4 cm³/mol. The van der Waals surface area contributed by atoms with Gasteiger partial charge in [0.05, 0.1) is 0 Å². The second-order valence-electron chi connectivity index (χ2n) is 2.40. The molecule has 1 rings (SSSR count). The third kappa shape index (κ3) is 4.11. The van der Waals surface area contributed by atoms with Gasteiger partial charge in [-0.25, -0.2) is 0 Å². The minimum absolute atomic E-state index is 0.666. The zero-order valence-electron chi connectivity index (χ0n) is 6.46. The molecule has 0 aliphatic heterocycles. The zero-order chi connectivity index (χ0) is 7.94. The van der Waals surface area contributed by atoms with Gasteiger partial charge in [-0.1, -0.05) is 0 Å². The van der Waals surface area contributed by atoms with Gasteiger partial charge in [0.1, 0.15) is 0 Å². The van der Waals surface area contributed by atoms with Crippen LogP contribution in [0, 0.1) is 0 Å². The van der Waals surface area contributed by atoms with Crippen molar-refractivity contribution in [2.75, 3.05) is 4.35 Å². The van der Waals surface area contributed by atoms with E-state index in [0.29, 0.717) is 18.0 Å². The van der Waals surface area contributed by atoms with E-state index in [0.717, 1.165) is 4.35 Å². The van der Waals surface area contributed by atoms with Gasteiger partial charge in [-0.3, -0.25) is 0 Å². The van der Waals surface area contributed by atoms with E-state index in [9.17, 15) is 0 Å². The quantitative estimate of drug-likeness (QED) is 0.407. The summed E-state index contributed by atoms with van der Waals surface area (Å²) < 4.78 is 2.42. The van der Waals surface area contributed by atoms with E-state index in [4.69, 9.17) is 11.6 Å². The molecule has 1 aliphatic rings. The van der Waals surface area contributed by atoms with Crippen LogP contribution in [0.4, 0.5) is 0 Å². The summed E-state index contributed by atoms with van der Waals surface area (Å²) in [7, 11) is 0. The molecule has 0 spiro atoms. The van der Waals surface area contributed by atoms with Gasteiger partial charge in [0.15, 0.2) is 0 Å². The van der Waals surface area contributed by atoms with Crippen molar-refractivity contribution in [3.05, 3.63) is 22.3 Å². The van der Waals surface area contributed by atoms with Crippen molar-refractivity contribution in [3.8, 4) is 0 Å². The Morgan fingerprint density at radius 3 is 2.91 bits per heavy atom. The van der Waals surface area contributed by atoms with Gasteiger partial charge in [0, 0.05) is 0 Å². The summed E-state index contributed by atoms with van der Waals surface area (Å²) in [4.78, 5) is 0. The normalized spacial score (nSPS) is 19.2. The third-order valence-electron chi connectivity index (χ3n) is 1.57. The Bertz CT molecular complexity index is 161. The topological polar surface area (TPSA) is 0 Å². The molecule has 11 heavy (non-hydrogen) atoms. The number of alkyl halides is 1. The van der Waals surface area contributed by atoms with Gasteiger partial charge < -0.3 is 0 Å². The van der Waals surface area contributed by atoms with Crippen LogP contribution >= 0.6 is 11.6 Å². The molecule has 2 heteroatoms. The van der Waals surface area contributed by atoms with Crippen molar-refractivity contribution in [2.24, 2.45) is 0 Å². The summed E-state index contributed by atoms with van der Waals surface area (Å²) >= 11 is 6.36. The second-order valence-corrected chi connectivity index (χ2v) is 5.36. The number of rotatable bonds is 2.